The van der Waals surface area contributed by atoms with Crippen molar-refractivity contribution in [2.24, 2.45) is 11.8 Å². The Kier molecular flexibility index (Phi) is 1.71. The van der Waals surface area contributed by atoms with E-state index in [1.807, 2.05) is 0 Å². The minimum atomic E-state index is -0.203. The third-order valence-corrected chi connectivity index (χ3v) is 3.59. The lowest BCUT2D eigenvalue weighted by Gasteiger charge is -2.06. The van der Waals surface area contributed by atoms with Crippen molar-refractivity contribution in [1.82, 2.24) is 0 Å². The molecule has 2 aliphatic carbocycles. The first kappa shape index (κ1) is 7.60. The maximum atomic E-state index is 10.1. The van der Waals surface area contributed by atoms with E-state index in [1.165, 1.54) is 25.7 Å². The molecule has 0 saturated heterocycles. The fraction of sp³-hybridized carbons (Fsp3) is 1.00. The number of aliphatic hydroxyl groups is 1. The summed E-state index contributed by atoms with van der Waals surface area (Å²) in [7, 11) is 0. The standard InChI is InChI=1S/C10H18O/c1-2-7-10(11)8-5-3-4-6-9(8)10/h8-9,11H,2-7H2,1H3. The van der Waals surface area contributed by atoms with Crippen molar-refractivity contribution in [3.05, 3.63) is 0 Å². The molecule has 0 heterocycles. The number of hydrogen-bond acceptors (Lipinski definition) is 1. The van der Waals surface area contributed by atoms with Crippen LogP contribution in [0.1, 0.15) is 45.4 Å². The van der Waals surface area contributed by atoms with Gasteiger partial charge in [-0.3, -0.25) is 0 Å². The molecule has 1 nitrogen and oxygen atoms in total. The summed E-state index contributed by atoms with van der Waals surface area (Å²) in [6.07, 6.45) is 7.48. The van der Waals surface area contributed by atoms with Gasteiger partial charge in [0.15, 0.2) is 0 Å². The molecule has 1 N–H and O–H groups in total. The second-order valence-electron chi connectivity index (χ2n) is 4.24. The molecular formula is C10H18O. The van der Waals surface area contributed by atoms with Crippen molar-refractivity contribution < 1.29 is 5.11 Å². The fourth-order valence-corrected chi connectivity index (χ4v) is 2.99. The average molecular weight is 154 g/mol. The molecule has 0 aromatic rings. The fourth-order valence-electron chi connectivity index (χ4n) is 2.99. The average Bonchev–Trinajstić information content (AvgIpc) is 2.60. The van der Waals surface area contributed by atoms with Crippen LogP contribution in [0.4, 0.5) is 0 Å². The molecule has 1 heteroatoms. The summed E-state index contributed by atoms with van der Waals surface area (Å²) in [5.41, 5.74) is -0.203. The lowest BCUT2D eigenvalue weighted by atomic mass is 10.0. The Morgan fingerprint density at radius 2 is 1.82 bits per heavy atom. The SMILES string of the molecule is CCCC1(O)C2CCCCC21. The van der Waals surface area contributed by atoms with Crippen LogP contribution in [0.3, 0.4) is 0 Å². The van der Waals surface area contributed by atoms with Gasteiger partial charge in [-0.05, 0) is 31.1 Å². The number of hydrogen-bond donors (Lipinski definition) is 1. The molecule has 0 amide bonds. The molecule has 0 spiro atoms. The molecule has 0 radical (unpaired) electrons. The van der Waals surface area contributed by atoms with E-state index in [0.29, 0.717) is 11.8 Å². The van der Waals surface area contributed by atoms with Gasteiger partial charge in [-0.15, -0.1) is 0 Å². The van der Waals surface area contributed by atoms with E-state index in [-0.39, 0.29) is 5.60 Å². The van der Waals surface area contributed by atoms with E-state index in [0.717, 1.165) is 12.8 Å². The predicted molar refractivity (Wildman–Crippen MR) is 45.3 cm³/mol. The Balaban J connectivity index is 1.97. The first-order valence-electron chi connectivity index (χ1n) is 5.01. The van der Waals surface area contributed by atoms with Crippen LogP contribution in [0.5, 0.6) is 0 Å². The molecule has 11 heavy (non-hydrogen) atoms. The van der Waals surface area contributed by atoms with E-state index >= 15 is 0 Å². The topological polar surface area (TPSA) is 20.2 Å². The molecule has 0 bridgehead atoms. The Hall–Kier alpha value is -0.0400. The lowest BCUT2D eigenvalue weighted by Crippen LogP contribution is -2.11. The van der Waals surface area contributed by atoms with E-state index in [4.69, 9.17) is 0 Å². The molecule has 64 valence electrons. The third-order valence-electron chi connectivity index (χ3n) is 3.59. The summed E-state index contributed by atoms with van der Waals surface area (Å²) in [5, 5.41) is 10.1. The van der Waals surface area contributed by atoms with Crippen LogP contribution in [0.15, 0.2) is 0 Å². The van der Waals surface area contributed by atoms with Gasteiger partial charge in [0, 0.05) is 0 Å². The number of fused-ring (bicyclic) bond motifs is 1. The zero-order valence-corrected chi connectivity index (χ0v) is 7.34. The van der Waals surface area contributed by atoms with E-state index in [2.05, 4.69) is 6.92 Å². The van der Waals surface area contributed by atoms with Crippen LogP contribution < -0.4 is 0 Å². The Labute approximate surface area is 68.8 Å². The highest BCUT2D eigenvalue weighted by Gasteiger charge is 2.62. The Morgan fingerprint density at radius 1 is 1.27 bits per heavy atom. The van der Waals surface area contributed by atoms with Crippen LogP contribution >= 0.6 is 0 Å². The predicted octanol–water partition coefficient (Wildman–Crippen LogP) is 2.34. The highest BCUT2D eigenvalue weighted by molar-refractivity contribution is 5.12. The zero-order valence-electron chi connectivity index (χ0n) is 7.34. The van der Waals surface area contributed by atoms with Crippen molar-refractivity contribution in [2.45, 2.75) is 51.0 Å². The Morgan fingerprint density at radius 3 is 2.27 bits per heavy atom. The summed E-state index contributed by atoms with van der Waals surface area (Å²) < 4.78 is 0. The molecule has 2 unspecified atom stereocenters. The largest absolute Gasteiger partial charge is 0.389 e. The molecule has 2 saturated carbocycles. The third kappa shape index (κ3) is 1.01. The molecule has 0 aromatic carbocycles. The second-order valence-corrected chi connectivity index (χ2v) is 4.24. The number of rotatable bonds is 2. The zero-order chi connectivity index (χ0) is 7.90. The highest BCUT2D eigenvalue weighted by Crippen LogP contribution is 2.60. The first-order chi connectivity index (χ1) is 5.29. The van der Waals surface area contributed by atoms with Gasteiger partial charge in [0.05, 0.1) is 5.60 Å². The smallest absolute Gasteiger partial charge is 0.0711 e. The van der Waals surface area contributed by atoms with Crippen molar-refractivity contribution in [1.29, 1.82) is 0 Å². The minimum absolute atomic E-state index is 0.203. The van der Waals surface area contributed by atoms with Crippen LogP contribution in [0.25, 0.3) is 0 Å². The normalized spacial score (nSPS) is 48.5. The minimum Gasteiger partial charge on any atom is -0.389 e. The maximum absolute atomic E-state index is 10.1. The summed E-state index contributed by atoms with van der Waals surface area (Å²) in [4.78, 5) is 0. The van der Waals surface area contributed by atoms with Crippen molar-refractivity contribution in [3.63, 3.8) is 0 Å². The van der Waals surface area contributed by atoms with Crippen LogP contribution in [0.2, 0.25) is 0 Å². The second kappa shape index (κ2) is 2.48. The first-order valence-corrected chi connectivity index (χ1v) is 5.01. The quantitative estimate of drug-likeness (QED) is 0.647. The molecule has 2 rings (SSSR count). The summed E-state index contributed by atoms with van der Waals surface area (Å²) in [6, 6.07) is 0. The van der Waals surface area contributed by atoms with Crippen molar-refractivity contribution in [2.75, 3.05) is 0 Å². The summed E-state index contributed by atoms with van der Waals surface area (Å²) in [5.74, 6) is 1.38. The summed E-state index contributed by atoms with van der Waals surface area (Å²) >= 11 is 0. The van der Waals surface area contributed by atoms with Gasteiger partial charge < -0.3 is 5.11 Å². The monoisotopic (exact) mass is 154 g/mol. The molecule has 2 fully saturated rings. The van der Waals surface area contributed by atoms with Gasteiger partial charge in [-0.2, -0.15) is 0 Å². The van der Waals surface area contributed by atoms with Crippen LogP contribution in [-0.4, -0.2) is 10.7 Å². The van der Waals surface area contributed by atoms with Gasteiger partial charge in [0.1, 0.15) is 0 Å². The van der Waals surface area contributed by atoms with Crippen molar-refractivity contribution >= 4 is 0 Å². The van der Waals surface area contributed by atoms with Gasteiger partial charge in [-0.25, -0.2) is 0 Å². The lowest BCUT2D eigenvalue weighted by molar-refractivity contribution is 0.107. The molecular weight excluding hydrogens is 136 g/mol. The summed E-state index contributed by atoms with van der Waals surface area (Å²) in [6.45, 7) is 2.17. The van der Waals surface area contributed by atoms with Gasteiger partial charge in [0.2, 0.25) is 0 Å². The van der Waals surface area contributed by atoms with Gasteiger partial charge in [-0.1, -0.05) is 26.2 Å². The molecule has 2 atom stereocenters. The van der Waals surface area contributed by atoms with Crippen molar-refractivity contribution in [3.8, 4) is 0 Å². The maximum Gasteiger partial charge on any atom is 0.0711 e. The Bertz CT molecular complexity index is 141. The molecule has 2 aliphatic rings. The van der Waals surface area contributed by atoms with E-state index < -0.39 is 0 Å². The van der Waals surface area contributed by atoms with E-state index in [1.54, 1.807) is 0 Å². The highest BCUT2D eigenvalue weighted by atomic mass is 16.3. The van der Waals surface area contributed by atoms with Crippen LogP contribution in [-0.2, 0) is 0 Å². The molecule has 0 aliphatic heterocycles. The van der Waals surface area contributed by atoms with Gasteiger partial charge >= 0.3 is 0 Å². The molecule has 0 aromatic heterocycles. The van der Waals surface area contributed by atoms with Gasteiger partial charge in [0.25, 0.3) is 0 Å². The van der Waals surface area contributed by atoms with E-state index in [9.17, 15) is 5.11 Å². The van der Waals surface area contributed by atoms with Crippen LogP contribution in [0, 0.1) is 11.8 Å².